The summed E-state index contributed by atoms with van der Waals surface area (Å²) >= 11 is 0. The number of hydrogen-bond donors (Lipinski definition) is 0. The molecule has 21 heavy (non-hydrogen) atoms. The third-order valence-corrected chi connectivity index (χ3v) is 3.35. The van der Waals surface area contributed by atoms with Gasteiger partial charge in [-0.15, -0.1) is 0 Å². The first-order valence-corrected chi connectivity index (χ1v) is 7.96. The number of unbranched alkanes of at least 4 members (excludes halogenated alkanes) is 1. The zero-order valence-corrected chi connectivity index (χ0v) is 13.8. The smallest absolute Gasteiger partial charge is 0.256 e. The van der Waals surface area contributed by atoms with Crippen molar-refractivity contribution in [2.75, 3.05) is 31.6 Å². The van der Waals surface area contributed by atoms with Gasteiger partial charge in [0.15, 0.2) is 0 Å². The van der Waals surface area contributed by atoms with Gasteiger partial charge in [0.2, 0.25) is 5.95 Å². The number of rotatable bonds is 9. The van der Waals surface area contributed by atoms with E-state index in [4.69, 9.17) is 0 Å². The van der Waals surface area contributed by atoms with E-state index in [1.807, 2.05) is 16.8 Å². The summed E-state index contributed by atoms with van der Waals surface area (Å²) in [5, 5.41) is 0. The number of nitrogens with zero attached hydrogens (tertiary/aromatic N) is 4. The van der Waals surface area contributed by atoms with E-state index < -0.39 is 0 Å². The molecule has 0 fully saturated rings. The molecule has 0 spiro atoms. The first-order valence-electron chi connectivity index (χ1n) is 7.96. The molecule has 5 nitrogen and oxygen atoms in total. The molecule has 0 aromatic carbocycles. The maximum Gasteiger partial charge on any atom is 0.256 e. The first-order chi connectivity index (χ1) is 10.1. The molecule has 1 rings (SSSR count). The van der Waals surface area contributed by atoms with Gasteiger partial charge in [-0.05, 0) is 19.3 Å². The molecule has 0 saturated heterocycles. The summed E-state index contributed by atoms with van der Waals surface area (Å²) in [7, 11) is 1.98. The van der Waals surface area contributed by atoms with Gasteiger partial charge < -0.3 is 9.80 Å². The second-order valence-corrected chi connectivity index (χ2v) is 5.34. The number of aromatic nitrogens is 2. The van der Waals surface area contributed by atoms with Crippen molar-refractivity contribution in [3.05, 3.63) is 18.0 Å². The Morgan fingerprint density at radius 2 is 1.57 bits per heavy atom. The lowest BCUT2D eigenvalue weighted by atomic mass is 10.2. The van der Waals surface area contributed by atoms with E-state index >= 15 is 0 Å². The Morgan fingerprint density at radius 1 is 1.00 bits per heavy atom. The second kappa shape index (κ2) is 9.32. The van der Waals surface area contributed by atoms with Crippen molar-refractivity contribution in [1.29, 1.82) is 0 Å². The topological polar surface area (TPSA) is 49.3 Å². The standard InChI is InChI=1S/C16H28N4O/c1-5-8-11-19(4)16-17-12-14(13-18-16)15(21)20(9-6-2)10-7-3/h12-13H,5-11H2,1-4H3. The molecule has 5 heteroatoms. The van der Waals surface area contributed by atoms with E-state index in [0.29, 0.717) is 11.5 Å². The third-order valence-electron chi connectivity index (χ3n) is 3.35. The van der Waals surface area contributed by atoms with Crippen LogP contribution < -0.4 is 4.90 Å². The lowest BCUT2D eigenvalue weighted by molar-refractivity contribution is 0.0754. The molecule has 0 bridgehead atoms. The lowest BCUT2D eigenvalue weighted by Gasteiger charge is -2.21. The largest absolute Gasteiger partial charge is 0.344 e. The average Bonchev–Trinajstić information content (AvgIpc) is 2.52. The summed E-state index contributed by atoms with van der Waals surface area (Å²) < 4.78 is 0. The highest BCUT2D eigenvalue weighted by Gasteiger charge is 2.15. The summed E-state index contributed by atoms with van der Waals surface area (Å²) in [5.41, 5.74) is 0.574. The first kappa shape index (κ1) is 17.4. The summed E-state index contributed by atoms with van der Waals surface area (Å²) in [5.74, 6) is 0.707. The van der Waals surface area contributed by atoms with Crippen molar-refractivity contribution in [2.45, 2.75) is 46.5 Å². The molecule has 1 heterocycles. The van der Waals surface area contributed by atoms with Crippen molar-refractivity contribution < 1.29 is 4.79 Å². The van der Waals surface area contributed by atoms with Crippen molar-refractivity contribution >= 4 is 11.9 Å². The molecule has 0 aliphatic heterocycles. The van der Waals surface area contributed by atoms with E-state index in [1.165, 1.54) is 0 Å². The average molecular weight is 292 g/mol. The predicted molar refractivity (Wildman–Crippen MR) is 86.7 cm³/mol. The fraction of sp³-hybridized carbons (Fsp3) is 0.688. The summed E-state index contributed by atoms with van der Waals surface area (Å²) in [6.45, 7) is 8.82. The Balaban J connectivity index is 2.73. The van der Waals surface area contributed by atoms with E-state index in [2.05, 4.69) is 30.7 Å². The van der Waals surface area contributed by atoms with Crippen molar-refractivity contribution in [3.8, 4) is 0 Å². The van der Waals surface area contributed by atoms with E-state index in [0.717, 1.165) is 45.3 Å². The van der Waals surface area contributed by atoms with Crippen LogP contribution in [0.2, 0.25) is 0 Å². The second-order valence-electron chi connectivity index (χ2n) is 5.34. The fourth-order valence-corrected chi connectivity index (χ4v) is 2.16. The summed E-state index contributed by atoms with van der Waals surface area (Å²) in [6.07, 6.45) is 7.47. The maximum absolute atomic E-state index is 12.4. The number of hydrogen-bond acceptors (Lipinski definition) is 4. The minimum Gasteiger partial charge on any atom is -0.344 e. The van der Waals surface area contributed by atoms with Crippen LogP contribution in [-0.2, 0) is 0 Å². The van der Waals surface area contributed by atoms with Crippen LogP contribution in [0.3, 0.4) is 0 Å². The molecule has 0 aliphatic carbocycles. The fourth-order valence-electron chi connectivity index (χ4n) is 2.16. The molecule has 0 unspecified atom stereocenters. The predicted octanol–water partition coefficient (Wildman–Crippen LogP) is 2.98. The molecule has 0 N–H and O–H groups in total. The Labute approximate surface area is 128 Å². The van der Waals surface area contributed by atoms with Gasteiger partial charge >= 0.3 is 0 Å². The molecule has 1 aromatic heterocycles. The van der Waals surface area contributed by atoms with Crippen LogP contribution in [0.25, 0.3) is 0 Å². The Bertz CT molecular complexity index is 413. The third kappa shape index (κ3) is 5.33. The van der Waals surface area contributed by atoms with Crippen LogP contribution in [0.1, 0.15) is 56.8 Å². The van der Waals surface area contributed by atoms with Gasteiger partial charge in [-0.1, -0.05) is 27.2 Å². The number of carbonyl (C=O) groups is 1. The molecule has 1 amide bonds. The highest BCUT2D eigenvalue weighted by Crippen LogP contribution is 2.09. The number of amides is 1. The van der Waals surface area contributed by atoms with Crippen LogP contribution in [0, 0.1) is 0 Å². The highest BCUT2D eigenvalue weighted by molar-refractivity contribution is 5.93. The number of anilines is 1. The van der Waals surface area contributed by atoms with Gasteiger partial charge in [0.1, 0.15) is 0 Å². The van der Waals surface area contributed by atoms with E-state index in [-0.39, 0.29) is 5.91 Å². The van der Waals surface area contributed by atoms with Gasteiger partial charge in [-0.2, -0.15) is 0 Å². The molecule has 118 valence electrons. The summed E-state index contributed by atoms with van der Waals surface area (Å²) in [4.78, 5) is 25.0. The minimum atomic E-state index is 0.0291. The van der Waals surface area contributed by atoms with Crippen LogP contribution in [0.5, 0.6) is 0 Å². The van der Waals surface area contributed by atoms with Crippen LogP contribution in [-0.4, -0.2) is 47.5 Å². The minimum absolute atomic E-state index is 0.0291. The van der Waals surface area contributed by atoms with Crippen molar-refractivity contribution in [1.82, 2.24) is 14.9 Å². The van der Waals surface area contributed by atoms with E-state index in [9.17, 15) is 4.79 Å². The molecule has 0 saturated carbocycles. The quantitative estimate of drug-likeness (QED) is 0.702. The zero-order chi connectivity index (χ0) is 15.7. The normalized spacial score (nSPS) is 10.5. The monoisotopic (exact) mass is 292 g/mol. The zero-order valence-electron chi connectivity index (χ0n) is 13.8. The highest BCUT2D eigenvalue weighted by atomic mass is 16.2. The van der Waals surface area contributed by atoms with Gasteiger partial charge in [-0.3, -0.25) is 4.79 Å². The SMILES string of the molecule is CCCCN(C)c1ncc(C(=O)N(CCC)CCC)cn1. The summed E-state index contributed by atoms with van der Waals surface area (Å²) in [6, 6.07) is 0. The van der Waals surface area contributed by atoms with Crippen LogP contribution >= 0.6 is 0 Å². The molecule has 0 radical (unpaired) electrons. The van der Waals surface area contributed by atoms with Crippen molar-refractivity contribution in [3.63, 3.8) is 0 Å². The van der Waals surface area contributed by atoms with Gasteiger partial charge in [-0.25, -0.2) is 9.97 Å². The van der Waals surface area contributed by atoms with Gasteiger partial charge in [0.05, 0.1) is 5.56 Å². The van der Waals surface area contributed by atoms with E-state index in [1.54, 1.807) is 12.4 Å². The Hall–Kier alpha value is -1.65. The lowest BCUT2D eigenvalue weighted by Crippen LogP contribution is -2.32. The molecule has 0 aliphatic rings. The maximum atomic E-state index is 12.4. The molecule has 0 atom stereocenters. The van der Waals surface area contributed by atoms with Crippen LogP contribution in [0.4, 0.5) is 5.95 Å². The van der Waals surface area contributed by atoms with Crippen molar-refractivity contribution in [2.24, 2.45) is 0 Å². The van der Waals surface area contributed by atoms with Gasteiger partial charge in [0, 0.05) is 39.1 Å². The molecular weight excluding hydrogens is 264 g/mol. The Kier molecular flexibility index (Phi) is 7.72. The molecule has 1 aromatic rings. The molecular formula is C16H28N4O. The van der Waals surface area contributed by atoms with Crippen LogP contribution in [0.15, 0.2) is 12.4 Å². The number of carbonyl (C=O) groups excluding carboxylic acids is 1. The Morgan fingerprint density at radius 3 is 2.05 bits per heavy atom. The van der Waals surface area contributed by atoms with Gasteiger partial charge in [0.25, 0.3) is 5.91 Å².